The normalized spacial score (nSPS) is 10.2. The predicted octanol–water partition coefficient (Wildman–Crippen LogP) is 2.39. The summed E-state index contributed by atoms with van der Waals surface area (Å²) in [7, 11) is 0. The number of nitrogens with one attached hydrogen (secondary N) is 1. The molecule has 6 heteroatoms. The van der Waals surface area contributed by atoms with Crippen LogP contribution in [0.15, 0.2) is 36.5 Å². The van der Waals surface area contributed by atoms with E-state index in [9.17, 15) is 9.18 Å². The van der Waals surface area contributed by atoms with Crippen molar-refractivity contribution in [2.45, 2.75) is 6.54 Å². The van der Waals surface area contributed by atoms with Crippen LogP contribution in [0.3, 0.4) is 0 Å². The first-order valence-corrected chi connectivity index (χ1v) is 5.88. The quantitative estimate of drug-likeness (QED) is 0.906. The third kappa shape index (κ3) is 3.42. The Morgan fingerprint density at radius 3 is 2.95 bits per heavy atom. The van der Waals surface area contributed by atoms with Gasteiger partial charge in [-0.1, -0.05) is 23.7 Å². The molecule has 1 aromatic heterocycles. The van der Waals surface area contributed by atoms with Gasteiger partial charge in [0.05, 0.1) is 10.6 Å². The van der Waals surface area contributed by atoms with E-state index in [1.165, 1.54) is 24.4 Å². The molecule has 98 valence electrons. The summed E-state index contributed by atoms with van der Waals surface area (Å²) in [5.74, 6) is -0.526. The molecule has 0 saturated carbocycles. The summed E-state index contributed by atoms with van der Waals surface area (Å²) >= 11 is 5.86. The molecule has 2 rings (SSSR count). The van der Waals surface area contributed by atoms with E-state index in [0.717, 1.165) is 0 Å². The number of hydrogen-bond acceptors (Lipinski definition) is 3. The van der Waals surface area contributed by atoms with Gasteiger partial charge in [0.15, 0.2) is 0 Å². The molecule has 0 unspecified atom stereocenters. The molecule has 0 aliphatic carbocycles. The monoisotopic (exact) mass is 279 g/mol. The van der Waals surface area contributed by atoms with Gasteiger partial charge in [-0.25, -0.2) is 9.37 Å². The zero-order chi connectivity index (χ0) is 13.8. The van der Waals surface area contributed by atoms with Crippen molar-refractivity contribution in [3.8, 4) is 0 Å². The Kier molecular flexibility index (Phi) is 3.97. The number of hydrogen-bond donors (Lipinski definition) is 2. The minimum atomic E-state index is -0.386. The van der Waals surface area contributed by atoms with E-state index >= 15 is 0 Å². The SMILES string of the molecule is Nc1cc(C(=O)NCc2cccc(F)c2)c(Cl)cn1. The van der Waals surface area contributed by atoms with Crippen LogP contribution in [0.25, 0.3) is 0 Å². The lowest BCUT2D eigenvalue weighted by atomic mass is 10.2. The lowest BCUT2D eigenvalue weighted by molar-refractivity contribution is 0.0951. The van der Waals surface area contributed by atoms with Crippen LogP contribution in [0.2, 0.25) is 5.02 Å². The fraction of sp³-hybridized carbons (Fsp3) is 0.0769. The van der Waals surface area contributed by atoms with Crippen molar-refractivity contribution in [1.29, 1.82) is 0 Å². The predicted molar refractivity (Wildman–Crippen MR) is 71.2 cm³/mol. The van der Waals surface area contributed by atoms with Gasteiger partial charge in [0, 0.05) is 12.7 Å². The van der Waals surface area contributed by atoms with Crippen LogP contribution in [0, 0.1) is 5.82 Å². The molecule has 1 amide bonds. The maximum absolute atomic E-state index is 13.0. The number of halogens is 2. The highest BCUT2D eigenvalue weighted by Crippen LogP contribution is 2.16. The molecule has 3 N–H and O–H groups in total. The molecule has 0 aliphatic rings. The molecule has 0 bridgehead atoms. The first-order chi connectivity index (χ1) is 9.06. The van der Waals surface area contributed by atoms with E-state index in [1.807, 2.05) is 0 Å². The maximum atomic E-state index is 13.0. The van der Waals surface area contributed by atoms with Crippen LogP contribution in [-0.2, 0) is 6.54 Å². The first kappa shape index (κ1) is 13.3. The molecule has 0 saturated heterocycles. The maximum Gasteiger partial charge on any atom is 0.253 e. The highest BCUT2D eigenvalue weighted by atomic mass is 35.5. The van der Waals surface area contributed by atoms with E-state index < -0.39 is 0 Å². The summed E-state index contributed by atoms with van der Waals surface area (Å²) in [5, 5.41) is 2.85. The zero-order valence-corrected chi connectivity index (χ0v) is 10.6. The van der Waals surface area contributed by atoms with Gasteiger partial charge in [0.2, 0.25) is 0 Å². The third-order valence-electron chi connectivity index (χ3n) is 2.46. The number of pyridine rings is 1. The Morgan fingerprint density at radius 2 is 2.21 bits per heavy atom. The topological polar surface area (TPSA) is 68.0 Å². The number of nitrogens with two attached hydrogens (primary N) is 1. The fourth-order valence-electron chi connectivity index (χ4n) is 1.55. The third-order valence-corrected chi connectivity index (χ3v) is 2.76. The first-order valence-electron chi connectivity index (χ1n) is 5.50. The van der Waals surface area contributed by atoms with Gasteiger partial charge in [-0.15, -0.1) is 0 Å². The summed E-state index contributed by atoms with van der Waals surface area (Å²) in [5.41, 5.74) is 6.39. The molecular weight excluding hydrogens is 269 g/mol. The molecule has 0 fully saturated rings. The minimum absolute atomic E-state index is 0.204. The van der Waals surface area contributed by atoms with Crippen molar-refractivity contribution < 1.29 is 9.18 Å². The minimum Gasteiger partial charge on any atom is -0.384 e. The van der Waals surface area contributed by atoms with Gasteiger partial charge in [0.25, 0.3) is 5.91 Å². The second-order valence-electron chi connectivity index (χ2n) is 3.90. The molecule has 1 heterocycles. The Bertz CT molecular complexity index is 619. The summed E-state index contributed by atoms with van der Waals surface area (Å²) < 4.78 is 13.0. The van der Waals surface area contributed by atoms with Crippen LogP contribution in [0.4, 0.5) is 10.2 Å². The Labute approximate surface area is 114 Å². The van der Waals surface area contributed by atoms with E-state index in [4.69, 9.17) is 17.3 Å². The molecule has 1 aromatic carbocycles. The van der Waals surface area contributed by atoms with E-state index in [2.05, 4.69) is 10.3 Å². The number of nitrogen functional groups attached to an aromatic ring is 1. The molecular formula is C13H11ClFN3O. The fourth-order valence-corrected chi connectivity index (χ4v) is 1.74. The van der Waals surface area contributed by atoms with Crippen LogP contribution in [-0.4, -0.2) is 10.9 Å². The van der Waals surface area contributed by atoms with Gasteiger partial charge in [-0.3, -0.25) is 4.79 Å². The number of carbonyl (C=O) groups is 1. The van der Waals surface area contributed by atoms with Crippen LogP contribution >= 0.6 is 11.6 Å². The summed E-state index contributed by atoms with van der Waals surface area (Å²) in [6, 6.07) is 7.37. The largest absolute Gasteiger partial charge is 0.384 e. The number of carbonyl (C=O) groups excluding carboxylic acids is 1. The molecule has 0 aliphatic heterocycles. The van der Waals surface area contributed by atoms with Gasteiger partial charge < -0.3 is 11.1 Å². The second-order valence-corrected chi connectivity index (χ2v) is 4.31. The number of aromatic nitrogens is 1. The lowest BCUT2D eigenvalue weighted by Gasteiger charge is -2.07. The van der Waals surface area contributed by atoms with Gasteiger partial charge in [-0.2, -0.15) is 0 Å². The van der Waals surface area contributed by atoms with Gasteiger partial charge in [0.1, 0.15) is 11.6 Å². The standard InChI is InChI=1S/C13H11ClFN3O/c14-11-7-17-12(16)5-10(11)13(19)18-6-8-2-1-3-9(15)4-8/h1-5,7H,6H2,(H2,16,17)(H,18,19). The zero-order valence-electron chi connectivity index (χ0n) is 9.86. The van der Waals surface area contributed by atoms with Gasteiger partial charge >= 0.3 is 0 Å². The van der Waals surface area contributed by atoms with Crippen molar-refractivity contribution in [2.24, 2.45) is 0 Å². The van der Waals surface area contributed by atoms with E-state index in [-0.39, 0.29) is 34.7 Å². The number of amides is 1. The van der Waals surface area contributed by atoms with Crippen molar-refractivity contribution in [3.63, 3.8) is 0 Å². The summed E-state index contributed by atoms with van der Waals surface area (Å²) in [4.78, 5) is 15.7. The van der Waals surface area contributed by atoms with Gasteiger partial charge in [-0.05, 0) is 23.8 Å². The number of nitrogens with zero attached hydrogens (tertiary/aromatic N) is 1. The number of benzene rings is 1. The molecule has 0 radical (unpaired) electrons. The Morgan fingerprint density at radius 1 is 1.42 bits per heavy atom. The Balaban J connectivity index is 2.07. The average Bonchev–Trinajstić information content (AvgIpc) is 2.39. The van der Waals surface area contributed by atoms with Crippen LogP contribution in [0.5, 0.6) is 0 Å². The van der Waals surface area contributed by atoms with E-state index in [0.29, 0.717) is 5.56 Å². The number of anilines is 1. The van der Waals surface area contributed by atoms with Crippen molar-refractivity contribution in [2.75, 3.05) is 5.73 Å². The molecule has 4 nitrogen and oxygen atoms in total. The van der Waals surface area contributed by atoms with Crippen LogP contribution in [0.1, 0.15) is 15.9 Å². The highest BCUT2D eigenvalue weighted by Gasteiger charge is 2.11. The smallest absolute Gasteiger partial charge is 0.253 e. The van der Waals surface area contributed by atoms with Crippen molar-refractivity contribution in [1.82, 2.24) is 10.3 Å². The lowest BCUT2D eigenvalue weighted by Crippen LogP contribution is -2.23. The number of rotatable bonds is 3. The van der Waals surface area contributed by atoms with Crippen molar-refractivity contribution >= 4 is 23.3 Å². The Hall–Kier alpha value is -2.14. The van der Waals surface area contributed by atoms with Crippen molar-refractivity contribution in [3.05, 3.63) is 58.5 Å². The van der Waals surface area contributed by atoms with E-state index in [1.54, 1.807) is 12.1 Å². The molecule has 2 aromatic rings. The van der Waals surface area contributed by atoms with Crippen LogP contribution < -0.4 is 11.1 Å². The second kappa shape index (κ2) is 5.67. The summed E-state index contributed by atoms with van der Waals surface area (Å²) in [6.45, 7) is 0.204. The molecule has 0 atom stereocenters. The summed E-state index contributed by atoms with van der Waals surface area (Å²) in [6.07, 6.45) is 1.31. The molecule has 19 heavy (non-hydrogen) atoms. The highest BCUT2D eigenvalue weighted by molar-refractivity contribution is 6.33. The molecule has 0 spiro atoms. The average molecular weight is 280 g/mol.